The zero-order chi connectivity index (χ0) is 8.69. The van der Waals surface area contributed by atoms with E-state index in [1.165, 1.54) is 13.2 Å². The normalized spacial score (nSPS) is 13.4. The van der Waals surface area contributed by atoms with Crippen molar-refractivity contribution in [2.24, 2.45) is 0 Å². The van der Waals surface area contributed by atoms with Crippen molar-refractivity contribution in [1.29, 1.82) is 0 Å². The molecule has 0 aromatic carbocycles. The van der Waals surface area contributed by atoms with Crippen LogP contribution in [-0.4, -0.2) is 26.2 Å². The van der Waals surface area contributed by atoms with Crippen LogP contribution in [0, 0.1) is 0 Å². The van der Waals surface area contributed by atoms with E-state index in [2.05, 4.69) is 10.1 Å². The molecule has 0 spiro atoms. The molecule has 0 heterocycles. The Kier molecular flexibility index (Phi) is 5.47. The van der Waals surface area contributed by atoms with E-state index >= 15 is 0 Å². The summed E-state index contributed by atoms with van der Waals surface area (Å²) in [6.07, 6.45) is 4.08. The van der Waals surface area contributed by atoms with Gasteiger partial charge in [0.15, 0.2) is 0 Å². The average molecular weight is 157 g/mol. The van der Waals surface area contributed by atoms with Gasteiger partial charge in [-0.2, -0.15) is 0 Å². The minimum absolute atomic E-state index is 0.298. The van der Waals surface area contributed by atoms with Gasteiger partial charge in [-0.1, -0.05) is 6.08 Å². The molecule has 1 N–H and O–H groups in total. The fraction of sp³-hybridized carbons (Fsp3) is 0.625. The molecule has 0 amide bonds. The summed E-state index contributed by atoms with van der Waals surface area (Å²) < 4.78 is 4.42. The van der Waals surface area contributed by atoms with Gasteiger partial charge in [-0.15, -0.1) is 0 Å². The second-order valence-electron chi connectivity index (χ2n) is 2.35. The molecule has 0 bridgehead atoms. The van der Waals surface area contributed by atoms with Crippen molar-refractivity contribution in [3.63, 3.8) is 0 Å². The molecule has 0 unspecified atom stereocenters. The number of hydrogen-bond donors (Lipinski definition) is 1. The molecule has 0 radical (unpaired) electrons. The Hall–Kier alpha value is -0.830. The van der Waals surface area contributed by atoms with Crippen LogP contribution >= 0.6 is 0 Å². The third kappa shape index (κ3) is 5.61. The minimum Gasteiger partial charge on any atom is -0.466 e. The van der Waals surface area contributed by atoms with Crippen LogP contribution in [0.25, 0.3) is 0 Å². The Morgan fingerprint density at radius 3 is 2.82 bits per heavy atom. The van der Waals surface area contributed by atoms with Crippen LogP contribution in [0.3, 0.4) is 0 Å². The van der Waals surface area contributed by atoms with Crippen LogP contribution in [0.2, 0.25) is 0 Å². The van der Waals surface area contributed by atoms with Crippen molar-refractivity contribution in [3.05, 3.63) is 12.2 Å². The maximum atomic E-state index is 10.6. The number of methoxy groups -OCH3 is 1. The Bertz CT molecular complexity index is 143. The molecular formula is C8H15NO2. The van der Waals surface area contributed by atoms with Crippen LogP contribution in [0.5, 0.6) is 0 Å². The lowest BCUT2D eigenvalue weighted by Crippen LogP contribution is -2.19. The maximum absolute atomic E-state index is 10.6. The van der Waals surface area contributed by atoms with Gasteiger partial charge in [0.2, 0.25) is 0 Å². The molecule has 3 nitrogen and oxygen atoms in total. The zero-order valence-corrected chi connectivity index (χ0v) is 7.26. The summed E-state index contributed by atoms with van der Waals surface area (Å²) >= 11 is 0. The zero-order valence-electron chi connectivity index (χ0n) is 7.26. The molecular weight excluding hydrogens is 142 g/mol. The molecule has 1 atom stereocenters. The molecule has 0 aliphatic carbocycles. The predicted molar refractivity (Wildman–Crippen MR) is 44.3 cm³/mol. The molecule has 11 heavy (non-hydrogen) atoms. The Morgan fingerprint density at radius 1 is 1.73 bits per heavy atom. The first-order chi connectivity index (χ1) is 5.20. The fourth-order valence-corrected chi connectivity index (χ4v) is 0.554. The molecule has 0 saturated carbocycles. The standard InChI is InChI=1S/C8H15NO2/c1-7(9-2)5-4-6-8(10)11-3/h4,6-7,9H,5H2,1-3H3/b6-4+/t7-/m1/s1. The molecule has 0 rings (SSSR count). The van der Waals surface area contributed by atoms with Gasteiger partial charge in [0.1, 0.15) is 0 Å². The first-order valence-electron chi connectivity index (χ1n) is 3.62. The summed E-state index contributed by atoms with van der Waals surface area (Å²) in [4.78, 5) is 10.6. The van der Waals surface area contributed by atoms with Crippen LogP contribution in [0.15, 0.2) is 12.2 Å². The summed E-state index contributed by atoms with van der Waals surface area (Å²) in [6, 6.07) is 0.399. The number of carbonyl (C=O) groups excluding carboxylic acids is 1. The Morgan fingerprint density at radius 2 is 2.36 bits per heavy atom. The van der Waals surface area contributed by atoms with Crippen LogP contribution in [-0.2, 0) is 9.53 Å². The van der Waals surface area contributed by atoms with Crippen LogP contribution in [0.4, 0.5) is 0 Å². The third-order valence-electron chi connectivity index (χ3n) is 1.44. The number of ether oxygens (including phenoxy) is 1. The summed E-state index contributed by atoms with van der Waals surface area (Å²) in [5.41, 5.74) is 0. The van der Waals surface area contributed by atoms with E-state index in [0.717, 1.165) is 6.42 Å². The largest absolute Gasteiger partial charge is 0.466 e. The first-order valence-corrected chi connectivity index (χ1v) is 3.62. The topological polar surface area (TPSA) is 38.3 Å². The summed E-state index contributed by atoms with van der Waals surface area (Å²) in [7, 11) is 3.25. The van der Waals surface area contributed by atoms with E-state index in [1.807, 2.05) is 14.0 Å². The highest BCUT2D eigenvalue weighted by Gasteiger charge is 1.94. The summed E-state index contributed by atoms with van der Waals surface area (Å²) in [6.45, 7) is 2.04. The molecule has 0 aromatic heterocycles. The van der Waals surface area contributed by atoms with Gasteiger partial charge in [0.25, 0.3) is 0 Å². The van der Waals surface area contributed by atoms with Gasteiger partial charge in [0.05, 0.1) is 7.11 Å². The summed E-state index contributed by atoms with van der Waals surface area (Å²) in [5.74, 6) is -0.298. The van der Waals surface area contributed by atoms with Gasteiger partial charge in [0, 0.05) is 12.1 Å². The highest BCUT2D eigenvalue weighted by Crippen LogP contribution is 1.91. The molecule has 3 heteroatoms. The van der Waals surface area contributed by atoms with Crippen molar-refractivity contribution in [3.8, 4) is 0 Å². The van der Waals surface area contributed by atoms with Crippen LogP contribution in [0.1, 0.15) is 13.3 Å². The Labute approximate surface area is 67.4 Å². The van der Waals surface area contributed by atoms with Gasteiger partial charge >= 0.3 is 5.97 Å². The van der Waals surface area contributed by atoms with E-state index in [-0.39, 0.29) is 5.97 Å². The van der Waals surface area contributed by atoms with Crippen molar-refractivity contribution < 1.29 is 9.53 Å². The third-order valence-corrected chi connectivity index (χ3v) is 1.44. The molecule has 0 aliphatic rings. The number of esters is 1. The molecule has 0 saturated heterocycles. The van der Waals surface area contributed by atoms with Crippen molar-refractivity contribution in [2.45, 2.75) is 19.4 Å². The molecule has 0 aliphatic heterocycles. The quantitative estimate of drug-likeness (QED) is 0.482. The van der Waals surface area contributed by atoms with Gasteiger partial charge < -0.3 is 10.1 Å². The number of carbonyl (C=O) groups is 1. The van der Waals surface area contributed by atoms with E-state index < -0.39 is 0 Å². The lowest BCUT2D eigenvalue weighted by atomic mass is 10.2. The van der Waals surface area contributed by atoms with Gasteiger partial charge in [-0.05, 0) is 20.4 Å². The lowest BCUT2D eigenvalue weighted by molar-refractivity contribution is -0.134. The van der Waals surface area contributed by atoms with Crippen molar-refractivity contribution >= 4 is 5.97 Å². The Balaban J connectivity index is 3.51. The maximum Gasteiger partial charge on any atom is 0.330 e. The molecule has 64 valence electrons. The number of hydrogen-bond acceptors (Lipinski definition) is 3. The summed E-state index contributed by atoms with van der Waals surface area (Å²) in [5, 5.41) is 3.05. The second kappa shape index (κ2) is 5.92. The number of rotatable bonds is 4. The molecule has 0 aromatic rings. The van der Waals surface area contributed by atoms with E-state index in [9.17, 15) is 4.79 Å². The van der Waals surface area contributed by atoms with Crippen molar-refractivity contribution in [2.75, 3.05) is 14.2 Å². The predicted octanol–water partition coefficient (Wildman–Crippen LogP) is 0.714. The highest BCUT2D eigenvalue weighted by atomic mass is 16.5. The SMILES string of the molecule is CN[C@H](C)C/C=C/C(=O)OC. The monoisotopic (exact) mass is 157 g/mol. The van der Waals surface area contributed by atoms with E-state index in [0.29, 0.717) is 6.04 Å². The average Bonchev–Trinajstić information content (AvgIpc) is 2.04. The second-order valence-corrected chi connectivity index (χ2v) is 2.35. The lowest BCUT2D eigenvalue weighted by Gasteiger charge is -2.04. The molecule has 0 fully saturated rings. The van der Waals surface area contributed by atoms with E-state index in [1.54, 1.807) is 6.08 Å². The smallest absolute Gasteiger partial charge is 0.330 e. The van der Waals surface area contributed by atoms with Gasteiger partial charge in [-0.25, -0.2) is 4.79 Å². The van der Waals surface area contributed by atoms with Crippen LogP contribution < -0.4 is 5.32 Å². The van der Waals surface area contributed by atoms with Gasteiger partial charge in [-0.3, -0.25) is 0 Å². The number of nitrogens with one attached hydrogen (secondary N) is 1. The van der Waals surface area contributed by atoms with E-state index in [4.69, 9.17) is 0 Å². The van der Waals surface area contributed by atoms with Crippen molar-refractivity contribution in [1.82, 2.24) is 5.32 Å². The highest BCUT2D eigenvalue weighted by molar-refractivity contribution is 5.81. The first kappa shape index (κ1) is 10.2. The fourth-order valence-electron chi connectivity index (χ4n) is 0.554. The minimum atomic E-state index is -0.298.